The highest BCUT2D eigenvalue weighted by Crippen LogP contribution is 2.20. The van der Waals surface area contributed by atoms with Crippen LogP contribution >= 0.6 is 0 Å². The molecule has 1 aliphatic rings. The molecule has 0 unspecified atom stereocenters. The summed E-state index contributed by atoms with van der Waals surface area (Å²) in [6, 6.07) is 4.26. The molecule has 2 rings (SSSR count). The fourth-order valence-electron chi connectivity index (χ4n) is 3.79. The number of pyridine rings is 1. The van der Waals surface area contributed by atoms with Gasteiger partial charge in [-0.25, -0.2) is 0 Å². The fourth-order valence-corrected chi connectivity index (χ4v) is 3.79. The highest BCUT2D eigenvalue weighted by molar-refractivity contribution is 5.74. The quantitative estimate of drug-likeness (QED) is 0.320. The molecule has 1 aromatic rings. The topological polar surface area (TPSA) is 16.1 Å². The molecule has 0 fully saturated rings. The van der Waals surface area contributed by atoms with Crippen LogP contribution in [0.3, 0.4) is 0 Å². The highest BCUT2D eigenvalue weighted by atomic mass is 15.1. The van der Waals surface area contributed by atoms with Gasteiger partial charge in [-0.2, -0.15) is 0 Å². The van der Waals surface area contributed by atoms with E-state index in [-0.39, 0.29) is 0 Å². The zero-order valence-electron chi connectivity index (χ0n) is 17.8. The zero-order chi connectivity index (χ0) is 19.2. The van der Waals surface area contributed by atoms with Crippen LogP contribution in [-0.4, -0.2) is 23.0 Å². The van der Waals surface area contributed by atoms with Gasteiger partial charge in [0.15, 0.2) is 0 Å². The Morgan fingerprint density at radius 3 is 2.07 bits per heavy atom. The third-order valence-electron chi connectivity index (χ3n) is 5.54. The Kier molecular flexibility index (Phi) is 10.9. The van der Waals surface area contributed by atoms with Crippen molar-refractivity contribution in [3.63, 3.8) is 0 Å². The predicted octanol–water partition coefficient (Wildman–Crippen LogP) is 7.30. The first kappa shape index (κ1) is 21.7. The Balaban J connectivity index is 1.45. The number of hydrogen-bond acceptors (Lipinski definition) is 2. The number of rotatable bonds is 14. The smallest absolute Gasteiger partial charge is 0.0378 e. The molecule has 0 aromatic carbocycles. The summed E-state index contributed by atoms with van der Waals surface area (Å²) >= 11 is 0. The molecule has 0 amide bonds. The number of aromatic nitrogens is 1. The van der Waals surface area contributed by atoms with E-state index in [0.29, 0.717) is 0 Å². The molecule has 0 radical (unpaired) electrons. The Labute approximate surface area is 167 Å². The first-order chi connectivity index (χ1) is 13.3. The SMILES string of the molecule is CCCCCCCCCCCCCCN1C=CC(c2ccnc(C)c2)=CC1. The molecule has 150 valence electrons. The molecule has 2 nitrogen and oxygen atoms in total. The molecule has 27 heavy (non-hydrogen) atoms. The van der Waals surface area contributed by atoms with Crippen LogP contribution in [0.25, 0.3) is 5.57 Å². The van der Waals surface area contributed by atoms with Gasteiger partial charge < -0.3 is 4.90 Å². The predicted molar refractivity (Wildman–Crippen MR) is 119 cm³/mol. The van der Waals surface area contributed by atoms with Crippen LogP contribution < -0.4 is 0 Å². The average molecular weight is 369 g/mol. The van der Waals surface area contributed by atoms with E-state index < -0.39 is 0 Å². The van der Waals surface area contributed by atoms with Gasteiger partial charge in [0.1, 0.15) is 0 Å². The van der Waals surface area contributed by atoms with E-state index in [9.17, 15) is 0 Å². The second kappa shape index (κ2) is 13.6. The second-order valence-corrected chi connectivity index (χ2v) is 8.05. The summed E-state index contributed by atoms with van der Waals surface area (Å²) in [6.07, 6.45) is 25.8. The van der Waals surface area contributed by atoms with Gasteiger partial charge >= 0.3 is 0 Å². The lowest BCUT2D eigenvalue weighted by Crippen LogP contribution is -2.20. The van der Waals surface area contributed by atoms with E-state index in [4.69, 9.17) is 0 Å². The maximum absolute atomic E-state index is 4.28. The molecular formula is C25H40N2. The molecule has 0 bridgehead atoms. The van der Waals surface area contributed by atoms with Gasteiger partial charge in [0.25, 0.3) is 0 Å². The van der Waals surface area contributed by atoms with Gasteiger partial charge in [-0.3, -0.25) is 4.98 Å². The molecule has 1 aliphatic heterocycles. The van der Waals surface area contributed by atoms with Crippen LogP contribution in [0.4, 0.5) is 0 Å². The van der Waals surface area contributed by atoms with Gasteiger partial charge in [0.05, 0.1) is 0 Å². The summed E-state index contributed by atoms with van der Waals surface area (Å²) in [5.41, 5.74) is 3.69. The summed E-state index contributed by atoms with van der Waals surface area (Å²) in [7, 11) is 0. The third-order valence-corrected chi connectivity index (χ3v) is 5.54. The van der Waals surface area contributed by atoms with Crippen molar-refractivity contribution in [2.75, 3.05) is 13.1 Å². The van der Waals surface area contributed by atoms with Crippen LogP contribution in [0.5, 0.6) is 0 Å². The number of hydrogen-bond donors (Lipinski definition) is 0. The van der Waals surface area contributed by atoms with Gasteiger partial charge in [0, 0.05) is 25.0 Å². The van der Waals surface area contributed by atoms with Crippen molar-refractivity contribution in [1.82, 2.24) is 9.88 Å². The molecule has 0 saturated heterocycles. The van der Waals surface area contributed by atoms with E-state index in [0.717, 1.165) is 12.2 Å². The standard InChI is InChI=1S/C25H40N2/c1-3-4-5-6-7-8-9-10-11-12-13-14-19-27-20-16-24(17-21-27)25-15-18-26-23(2)22-25/h15-18,20,22H,3-14,19,21H2,1-2H3. The minimum Gasteiger partial charge on any atom is -0.374 e. The summed E-state index contributed by atoms with van der Waals surface area (Å²) in [6.45, 7) is 6.56. The largest absolute Gasteiger partial charge is 0.374 e. The lowest BCUT2D eigenvalue weighted by molar-refractivity contribution is 0.392. The van der Waals surface area contributed by atoms with Gasteiger partial charge in [0.2, 0.25) is 0 Å². The summed E-state index contributed by atoms with van der Waals surface area (Å²) in [4.78, 5) is 6.72. The Hall–Kier alpha value is -1.57. The Bertz CT molecular complexity index is 573. The van der Waals surface area contributed by atoms with Crippen LogP contribution in [0, 0.1) is 6.92 Å². The van der Waals surface area contributed by atoms with E-state index in [2.05, 4.69) is 54.2 Å². The van der Waals surface area contributed by atoms with Crippen LogP contribution in [-0.2, 0) is 0 Å². The number of nitrogens with zero attached hydrogens (tertiary/aromatic N) is 2. The molecule has 1 aromatic heterocycles. The monoisotopic (exact) mass is 368 g/mol. The lowest BCUT2D eigenvalue weighted by atomic mass is 10.0. The maximum Gasteiger partial charge on any atom is 0.0378 e. The number of aryl methyl sites for hydroxylation is 1. The summed E-state index contributed by atoms with van der Waals surface area (Å²) in [5.74, 6) is 0. The Morgan fingerprint density at radius 2 is 1.52 bits per heavy atom. The van der Waals surface area contributed by atoms with Crippen LogP contribution in [0.15, 0.2) is 36.7 Å². The van der Waals surface area contributed by atoms with Gasteiger partial charge in [-0.05, 0) is 48.9 Å². The highest BCUT2D eigenvalue weighted by Gasteiger charge is 2.06. The number of unbranched alkanes of at least 4 members (excludes halogenated alkanes) is 11. The summed E-state index contributed by atoms with van der Waals surface area (Å²) in [5, 5.41) is 0. The fraction of sp³-hybridized carbons (Fsp3) is 0.640. The van der Waals surface area contributed by atoms with Gasteiger partial charge in [-0.1, -0.05) is 83.6 Å². The second-order valence-electron chi connectivity index (χ2n) is 8.05. The van der Waals surface area contributed by atoms with Crippen molar-refractivity contribution in [1.29, 1.82) is 0 Å². The van der Waals surface area contributed by atoms with Crippen molar-refractivity contribution < 1.29 is 0 Å². The maximum atomic E-state index is 4.28. The molecule has 0 saturated carbocycles. The van der Waals surface area contributed by atoms with Crippen molar-refractivity contribution in [3.05, 3.63) is 47.9 Å². The number of allylic oxidation sites excluding steroid dienone is 2. The molecule has 0 spiro atoms. The van der Waals surface area contributed by atoms with Crippen molar-refractivity contribution in [3.8, 4) is 0 Å². The van der Waals surface area contributed by atoms with Crippen molar-refractivity contribution in [2.24, 2.45) is 0 Å². The molecule has 0 N–H and O–H groups in total. The minimum absolute atomic E-state index is 1.03. The normalized spacial score (nSPS) is 13.9. The van der Waals surface area contributed by atoms with Gasteiger partial charge in [-0.15, -0.1) is 0 Å². The lowest BCUT2D eigenvalue weighted by Gasteiger charge is -2.22. The molecule has 0 aliphatic carbocycles. The Morgan fingerprint density at radius 1 is 0.889 bits per heavy atom. The van der Waals surface area contributed by atoms with E-state index >= 15 is 0 Å². The minimum atomic E-state index is 1.03. The third kappa shape index (κ3) is 9.26. The first-order valence-electron chi connectivity index (χ1n) is 11.3. The van der Waals surface area contributed by atoms with Crippen molar-refractivity contribution in [2.45, 2.75) is 90.9 Å². The summed E-state index contributed by atoms with van der Waals surface area (Å²) < 4.78 is 0. The molecule has 2 heteroatoms. The first-order valence-corrected chi connectivity index (χ1v) is 11.3. The average Bonchev–Trinajstić information content (AvgIpc) is 2.69. The van der Waals surface area contributed by atoms with E-state index in [1.54, 1.807) is 0 Å². The molecule has 2 heterocycles. The van der Waals surface area contributed by atoms with E-state index in [1.807, 2.05) is 6.20 Å². The van der Waals surface area contributed by atoms with Crippen LogP contribution in [0.1, 0.15) is 95.2 Å². The molecular weight excluding hydrogens is 328 g/mol. The van der Waals surface area contributed by atoms with Crippen LogP contribution in [0.2, 0.25) is 0 Å². The molecule has 0 atom stereocenters. The van der Waals surface area contributed by atoms with Crippen molar-refractivity contribution >= 4 is 5.57 Å². The van der Waals surface area contributed by atoms with E-state index in [1.165, 1.54) is 94.7 Å². The zero-order valence-corrected chi connectivity index (χ0v) is 17.8.